The molecule has 2 rings (SSSR count). The summed E-state index contributed by atoms with van der Waals surface area (Å²) >= 11 is 11.4. The normalized spacial score (nSPS) is 12.4. The molecule has 0 saturated carbocycles. The fraction of sp³-hybridized carbons (Fsp3) is 0.143. The molecule has 0 saturated heterocycles. The molecule has 0 amide bonds. The minimum Gasteiger partial charge on any atom is -0.329 e. The van der Waals surface area contributed by atoms with Gasteiger partial charge in [-0.25, -0.2) is 0 Å². The van der Waals surface area contributed by atoms with Crippen LogP contribution in [0.3, 0.4) is 0 Å². The van der Waals surface area contributed by atoms with E-state index in [9.17, 15) is 0 Å². The summed E-state index contributed by atoms with van der Waals surface area (Å²) in [5.41, 5.74) is 6.96. The first kappa shape index (κ1) is 13.9. The number of hydrogen-bond donors (Lipinski definition) is 1. The van der Waals surface area contributed by atoms with Crippen molar-refractivity contribution in [3.63, 3.8) is 0 Å². The minimum atomic E-state index is 0.174. The number of rotatable bonds is 4. The SMILES string of the molecule is NCC(Sc1cccc(Br)c1)c1ccccc1Cl. The lowest BCUT2D eigenvalue weighted by molar-refractivity contribution is 0.941. The largest absolute Gasteiger partial charge is 0.329 e. The maximum atomic E-state index is 6.22. The Morgan fingerprint density at radius 2 is 1.94 bits per heavy atom. The van der Waals surface area contributed by atoms with Crippen LogP contribution in [-0.4, -0.2) is 6.54 Å². The van der Waals surface area contributed by atoms with Gasteiger partial charge in [-0.05, 0) is 29.8 Å². The molecular formula is C14H13BrClNS. The summed E-state index contributed by atoms with van der Waals surface area (Å²) < 4.78 is 1.07. The first-order chi connectivity index (χ1) is 8.70. The van der Waals surface area contributed by atoms with Gasteiger partial charge in [-0.15, -0.1) is 11.8 Å². The van der Waals surface area contributed by atoms with Gasteiger partial charge >= 0.3 is 0 Å². The summed E-state index contributed by atoms with van der Waals surface area (Å²) in [4.78, 5) is 1.18. The van der Waals surface area contributed by atoms with Crippen LogP contribution in [0.5, 0.6) is 0 Å². The van der Waals surface area contributed by atoms with Crippen molar-refractivity contribution < 1.29 is 0 Å². The number of halogens is 2. The average Bonchev–Trinajstić information content (AvgIpc) is 2.37. The molecule has 0 heterocycles. The molecule has 0 aliphatic rings. The average molecular weight is 343 g/mol. The zero-order chi connectivity index (χ0) is 13.0. The lowest BCUT2D eigenvalue weighted by Gasteiger charge is -2.16. The highest BCUT2D eigenvalue weighted by Gasteiger charge is 2.14. The number of benzene rings is 2. The van der Waals surface area contributed by atoms with Crippen molar-refractivity contribution in [3.8, 4) is 0 Å². The molecule has 1 atom stereocenters. The van der Waals surface area contributed by atoms with Crippen LogP contribution in [0.25, 0.3) is 0 Å². The van der Waals surface area contributed by atoms with E-state index in [1.165, 1.54) is 4.90 Å². The Balaban J connectivity index is 2.23. The summed E-state index contributed by atoms with van der Waals surface area (Å²) in [6.45, 7) is 0.556. The highest BCUT2D eigenvalue weighted by molar-refractivity contribution is 9.10. The van der Waals surface area contributed by atoms with Crippen molar-refractivity contribution in [3.05, 3.63) is 63.6 Å². The summed E-state index contributed by atoms with van der Waals surface area (Å²) in [5, 5.41) is 0.948. The predicted molar refractivity (Wildman–Crippen MR) is 83.2 cm³/mol. The van der Waals surface area contributed by atoms with Crippen molar-refractivity contribution in [2.45, 2.75) is 10.1 Å². The number of nitrogens with two attached hydrogens (primary N) is 1. The molecule has 0 spiro atoms. The second kappa shape index (κ2) is 6.62. The van der Waals surface area contributed by atoms with Crippen molar-refractivity contribution in [1.82, 2.24) is 0 Å². The zero-order valence-corrected chi connectivity index (χ0v) is 12.8. The summed E-state index contributed by atoms with van der Waals surface area (Å²) in [5.74, 6) is 0. The van der Waals surface area contributed by atoms with Crippen LogP contribution in [0.15, 0.2) is 57.9 Å². The molecule has 1 unspecified atom stereocenters. The molecule has 4 heteroatoms. The van der Waals surface area contributed by atoms with Crippen molar-refractivity contribution in [1.29, 1.82) is 0 Å². The van der Waals surface area contributed by atoms with E-state index in [1.54, 1.807) is 11.8 Å². The second-order valence-corrected chi connectivity index (χ2v) is 6.42. The predicted octanol–water partition coefficient (Wildman–Crippen LogP) is 4.89. The van der Waals surface area contributed by atoms with Crippen molar-refractivity contribution in [2.24, 2.45) is 5.73 Å². The Morgan fingerprint density at radius 1 is 1.17 bits per heavy atom. The van der Waals surface area contributed by atoms with E-state index in [0.717, 1.165) is 15.1 Å². The van der Waals surface area contributed by atoms with E-state index < -0.39 is 0 Å². The number of hydrogen-bond acceptors (Lipinski definition) is 2. The Labute approximate surface area is 125 Å². The monoisotopic (exact) mass is 341 g/mol. The topological polar surface area (TPSA) is 26.0 Å². The molecule has 94 valence electrons. The lowest BCUT2D eigenvalue weighted by Crippen LogP contribution is -2.09. The Morgan fingerprint density at radius 3 is 2.61 bits per heavy atom. The Hall–Kier alpha value is -0.480. The third kappa shape index (κ3) is 3.51. The van der Waals surface area contributed by atoms with Crippen LogP contribution < -0.4 is 5.73 Å². The van der Waals surface area contributed by atoms with Gasteiger partial charge < -0.3 is 5.73 Å². The molecule has 2 aromatic carbocycles. The number of thioether (sulfide) groups is 1. The van der Waals surface area contributed by atoms with E-state index in [1.807, 2.05) is 36.4 Å². The van der Waals surface area contributed by atoms with Gasteiger partial charge in [0, 0.05) is 26.2 Å². The maximum Gasteiger partial charge on any atom is 0.0481 e. The summed E-state index contributed by atoms with van der Waals surface area (Å²) in [6, 6.07) is 16.1. The molecule has 0 aliphatic carbocycles. The van der Waals surface area contributed by atoms with Gasteiger partial charge in [0.05, 0.1) is 0 Å². The fourth-order valence-corrected chi connectivity index (χ4v) is 3.67. The van der Waals surface area contributed by atoms with Gasteiger partial charge in [-0.1, -0.05) is 51.8 Å². The van der Waals surface area contributed by atoms with Crippen LogP contribution in [0.4, 0.5) is 0 Å². The van der Waals surface area contributed by atoms with Gasteiger partial charge in [-0.3, -0.25) is 0 Å². The lowest BCUT2D eigenvalue weighted by atomic mass is 10.1. The van der Waals surface area contributed by atoms with Gasteiger partial charge in [0.1, 0.15) is 0 Å². The summed E-state index contributed by atoms with van der Waals surface area (Å²) in [6.07, 6.45) is 0. The maximum absolute atomic E-state index is 6.22. The summed E-state index contributed by atoms with van der Waals surface area (Å²) in [7, 11) is 0. The molecular weight excluding hydrogens is 330 g/mol. The van der Waals surface area contributed by atoms with Gasteiger partial charge in [0.15, 0.2) is 0 Å². The Bertz CT molecular complexity index is 533. The molecule has 0 radical (unpaired) electrons. The first-order valence-electron chi connectivity index (χ1n) is 5.57. The van der Waals surface area contributed by atoms with Crippen LogP contribution in [0, 0.1) is 0 Å². The fourth-order valence-electron chi connectivity index (χ4n) is 1.68. The highest BCUT2D eigenvalue weighted by atomic mass is 79.9. The van der Waals surface area contributed by atoms with E-state index in [2.05, 4.69) is 28.1 Å². The highest BCUT2D eigenvalue weighted by Crippen LogP contribution is 2.38. The smallest absolute Gasteiger partial charge is 0.0481 e. The third-order valence-electron chi connectivity index (χ3n) is 2.54. The van der Waals surface area contributed by atoms with E-state index in [4.69, 9.17) is 17.3 Å². The van der Waals surface area contributed by atoms with Crippen LogP contribution in [-0.2, 0) is 0 Å². The Kier molecular flexibility index (Phi) is 5.13. The van der Waals surface area contributed by atoms with Gasteiger partial charge in [-0.2, -0.15) is 0 Å². The molecule has 2 N–H and O–H groups in total. The molecule has 0 aliphatic heterocycles. The molecule has 1 nitrogen and oxygen atoms in total. The zero-order valence-electron chi connectivity index (χ0n) is 9.64. The second-order valence-electron chi connectivity index (χ2n) is 3.82. The van der Waals surface area contributed by atoms with Crippen LogP contribution in [0.2, 0.25) is 5.02 Å². The van der Waals surface area contributed by atoms with Gasteiger partial charge in [0.25, 0.3) is 0 Å². The van der Waals surface area contributed by atoms with E-state index in [0.29, 0.717) is 6.54 Å². The van der Waals surface area contributed by atoms with Gasteiger partial charge in [0.2, 0.25) is 0 Å². The van der Waals surface area contributed by atoms with E-state index in [-0.39, 0.29) is 5.25 Å². The van der Waals surface area contributed by atoms with Crippen LogP contribution >= 0.6 is 39.3 Å². The van der Waals surface area contributed by atoms with E-state index >= 15 is 0 Å². The standard InChI is InChI=1S/C14H13BrClNS/c15-10-4-3-5-11(8-10)18-14(9-17)12-6-1-2-7-13(12)16/h1-8,14H,9,17H2. The minimum absolute atomic E-state index is 0.174. The quantitative estimate of drug-likeness (QED) is 0.800. The molecule has 0 bridgehead atoms. The van der Waals surface area contributed by atoms with Crippen molar-refractivity contribution in [2.75, 3.05) is 6.54 Å². The molecule has 18 heavy (non-hydrogen) atoms. The first-order valence-corrected chi connectivity index (χ1v) is 7.62. The molecule has 0 fully saturated rings. The third-order valence-corrected chi connectivity index (χ3v) is 4.64. The molecule has 0 aromatic heterocycles. The van der Waals surface area contributed by atoms with Crippen LogP contribution in [0.1, 0.15) is 10.8 Å². The molecule has 2 aromatic rings. The van der Waals surface area contributed by atoms with Crippen molar-refractivity contribution >= 4 is 39.3 Å².